The van der Waals surface area contributed by atoms with Gasteiger partial charge < -0.3 is 10.4 Å². The summed E-state index contributed by atoms with van der Waals surface area (Å²) in [5.41, 5.74) is 3.17. The molecule has 1 atom stereocenters. The van der Waals surface area contributed by atoms with Crippen LogP contribution in [0.15, 0.2) is 103 Å². The number of carbonyl (C=O) groups excluding carboxylic acids is 1. The molecule has 0 saturated carbocycles. The molecule has 0 unspecified atom stereocenters. The lowest BCUT2D eigenvalue weighted by atomic mass is 9.88. The molecule has 4 aromatic rings. The minimum absolute atomic E-state index is 0.279. The fourth-order valence-electron chi connectivity index (χ4n) is 5.44. The smallest absolute Gasteiger partial charge is 0.416 e. The fraction of sp³-hybridized carbons (Fsp3) is 0.212. The molecule has 1 fully saturated rings. The number of anilines is 1. The van der Waals surface area contributed by atoms with E-state index in [1.54, 1.807) is 24.3 Å². The first-order valence-electron chi connectivity index (χ1n) is 13.4. The van der Waals surface area contributed by atoms with Crippen LogP contribution < -0.4 is 5.32 Å². The second kappa shape index (κ2) is 12.0. The Morgan fingerprint density at radius 2 is 1.41 bits per heavy atom. The molecule has 0 radical (unpaired) electrons. The van der Waals surface area contributed by atoms with Gasteiger partial charge in [0, 0.05) is 11.3 Å². The van der Waals surface area contributed by atoms with Crippen molar-refractivity contribution in [2.75, 3.05) is 18.4 Å². The third-order valence-electron chi connectivity index (χ3n) is 7.58. The number of carbonyl (C=O) groups is 2. The number of hydrogen-bond acceptors (Lipinski definition) is 3. The number of alkyl halides is 3. The van der Waals surface area contributed by atoms with Crippen molar-refractivity contribution in [1.29, 1.82) is 0 Å². The Morgan fingerprint density at radius 3 is 2.02 bits per heavy atom. The van der Waals surface area contributed by atoms with E-state index in [4.69, 9.17) is 0 Å². The largest absolute Gasteiger partial charge is 0.480 e. The Kier molecular flexibility index (Phi) is 8.21. The van der Waals surface area contributed by atoms with Crippen molar-refractivity contribution in [2.45, 2.75) is 31.0 Å². The Morgan fingerprint density at radius 1 is 0.805 bits per heavy atom. The van der Waals surface area contributed by atoms with Crippen molar-refractivity contribution in [1.82, 2.24) is 4.90 Å². The van der Waals surface area contributed by atoms with E-state index in [0.29, 0.717) is 35.5 Å². The lowest BCUT2D eigenvalue weighted by molar-refractivity contribution is -0.144. The first-order valence-corrected chi connectivity index (χ1v) is 13.4. The summed E-state index contributed by atoms with van der Waals surface area (Å²) in [5, 5.41) is 12.7. The first-order chi connectivity index (χ1) is 19.7. The minimum atomic E-state index is -4.43. The molecule has 5 rings (SSSR count). The highest BCUT2D eigenvalue weighted by Crippen LogP contribution is 2.34. The Hall–Kier alpha value is -4.43. The predicted octanol–water partition coefficient (Wildman–Crippen LogP) is 7.63. The van der Waals surface area contributed by atoms with Crippen LogP contribution >= 0.6 is 0 Å². The van der Waals surface area contributed by atoms with Crippen LogP contribution in [0.5, 0.6) is 0 Å². The Labute approximate surface area is 236 Å². The molecule has 1 aliphatic heterocycles. The van der Waals surface area contributed by atoms with Crippen LogP contribution in [0.2, 0.25) is 0 Å². The van der Waals surface area contributed by atoms with Gasteiger partial charge in [0.2, 0.25) is 0 Å². The number of likely N-dealkylation sites (tertiary alicyclic amines) is 1. The number of carboxylic acids is 1. The van der Waals surface area contributed by atoms with Crippen LogP contribution in [0.4, 0.5) is 18.9 Å². The second-order valence-electron chi connectivity index (χ2n) is 10.2. The average molecular weight is 559 g/mol. The summed E-state index contributed by atoms with van der Waals surface area (Å²) in [5.74, 6) is -0.932. The van der Waals surface area contributed by atoms with E-state index < -0.39 is 23.8 Å². The van der Waals surface area contributed by atoms with Gasteiger partial charge in [-0.25, -0.2) is 0 Å². The van der Waals surface area contributed by atoms with Gasteiger partial charge in [-0.15, -0.1) is 0 Å². The van der Waals surface area contributed by atoms with E-state index in [1.165, 1.54) is 12.1 Å². The summed E-state index contributed by atoms with van der Waals surface area (Å²) >= 11 is 0. The molecule has 41 heavy (non-hydrogen) atoms. The minimum Gasteiger partial charge on any atom is -0.480 e. The normalized spacial score (nSPS) is 15.3. The topological polar surface area (TPSA) is 69.6 Å². The molecule has 1 saturated heterocycles. The highest BCUT2D eigenvalue weighted by molar-refractivity contribution is 6.08. The number of amides is 1. The third-order valence-corrected chi connectivity index (χ3v) is 7.58. The zero-order valence-electron chi connectivity index (χ0n) is 22.1. The van der Waals surface area contributed by atoms with Gasteiger partial charge in [-0.1, -0.05) is 72.8 Å². The number of hydrogen-bond donors (Lipinski definition) is 2. The number of carboxylic acid groups (broad SMARTS) is 1. The molecule has 0 aromatic heterocycles. The fourth-order valence-corrected chi connectivity index (χ4v) is 5.44. The SMILES string of the molecule is O=C(Nc1ccc(C2CCN([C@@H](C(=O)O)c3ccccc3)CC2)cc1)c1ccccc1-c1ccc(C(F)(F)F)cc1. The monoisotopic (exact) mass is 558 g/mol. The quantitative estimate of drug-likeness (QED) is 0.245. The van der Waals surface area contributed by atoms with E-state index >= 15 is 0 Å². The van der Waals surface area contributed by atoms with Crippen molar-refractivity contribution in [2.24, 2.45) is 0 Å². The van der Waals surface area contributed by atoms with E-state index in [0.717, 1.165) is 36.1 Å². The Balaban J connectivity index is 1.23. The van der Waals surface area contributed by atoms with Crippen LogP contribution in [0.3, 0.4) is 0 Å². The summed E-state index contributed by atoms with van der Waals surface area (Å²) in [6.45, 7) is 1.32. The molecule has 1 amide bonds. The van der Waals surface area contributed by atoms with Crippen LogP contribution in [-0.2, 0) is 11.0 Å². The van der Waals surface area contributed by atoms with Crippen molar-refractivity contribution in [3.05, 3.63) is 125 Å². The molecule has 210 valence electrons. The van der Waals surface area contributed by atoms with Crippen LogP contribution in [0.1, 0.15) is 51.8 Å². The van der Waals surface area contributed by atoms with Gasteiger partial charge in [-0.3, -0.25) is 14.5 Å². The highest BCUT2D eigenvalue weighted by Gasteiger charge is 2.32. The van der Waals surface area contributed by atoms with Crippen molar-refractivity contribution in [3.8, 4) is 11.1 Å². The Bertz CT molecular complexity index is 1500. The number of piperidine rings is 1. The van der Waals surface area contributed by atoms with Crippen LogP contribution in [-0.4, -0.2) is 35.0 Å². The molecule has 0 spiro atoms. The van der Waals surface area contributed by atoms with Gasteiger partial charge in [-0.2, -0.15) is 13.2 Å². The maximum atomic E-state index is 13.1. The van der Waals surface area contributed by atoms with Gasteiger partial charge in [-0.05, 0) is 84.4 Å². The zero-order valence-corrected chi connectivity index (χ0v) is 22.1. The van der Waals surface area contributed by atoms with E-state index in [-0.39, 0.29) is 11.8 Å². The third kappa shape index (κ3) is 6.49. The van der Waals surface area contributed by atoms with Crippen molar-refractivity contribution >= 4 is 17.6 Å². The van der Waals surface area contributed by atoms with Gasteiger partial charge in [0.05, 0.1) is 5.56 Å². The number of nitrogens with one attached hydrogen (secondary N) is 1. The molecule has 0 bridgehead atoms. The van der Waals surface area contributed by atoms with E-state index in [1.807, 2.05) is 59.5 Å². The number of nitrogens with zero attached hydrogens (tertiary/aromatic N) is 1. The summed E-state index contributed by atoms with van der Waals surface area (Å²) in [4.78, 5) is 27.2. The van der Waals surface area contributed by atoms with Crippen molar-refractivity contribution < 1.29 is 27.9 Å². The standard InChI is InChI=1S/C33H29F3N2O3/c34-33(35,36)26-14-10-24(11-15-26)28-8-4-5-9-29(28)31(39)37-27-16-12-22(13-17-27)23-18-20-38(21-19-23)30(32(40)41)25-6-2-1-3-7-25/h1-17,23,30H,18-21H2,(H,37,39)(H,40,41)/t30-/m1/s1. The molecule has 1 aliphatic rings. The summed E-state index contributed by atoms with van der Waals surface area (Å²) in [6, 6.07) is 27.8. The lowest BCUT2D eigenvalue weighted by Crippen LogP contribution is -2.39. The molecule has 4 aromatic carbocycles. The van der Waals surface area contributed by atoms with Gasteiger partial charge in [0.1, 0.15) is 6.04 Å². The molecule has 8 heteroatoms. The van der Waals surface area contributed by atoms with Gasteiger partial charge >= 0.3 is 12.1 Å². The highest BCUT2D eigenvalue weighted by atomic mass is 19.4. The molecular weight excluding hydrogens is 529 g/mol. The van der Waals surface area contributed by atoms with Gasteiger partial charge in [0.15, 0.2) is 0 Å². The number of benzene rings is 4. The van der Waals surface area contributed by atoms with E-state index in [9.17, 15) is 27.9 Å². The zero-order chi connectivity index (χ0) is 29.0. The van der Waals surface area contributed by atoms with Crippen LogP contribution in [0.25, 0.3) is 11.1 Å². The maximum absolute atomic E-state index is 13.1. The summed E-state index contributed by atoms with van der Waals surface area (Å²) in [6.07, 6.45) is -2.78. The number of rotatable bonds is 7. The van der Waals surface area contributed by atoms with Crippen LogP contribution in [0, 0.1) is 0 Å². The van der Waals surface area contributed by atoms with Crippen molar-refractivity contribution in [3.63, 3.8) is 0 Å². The summed E-state index contributed by atoms with van der Waals surface area (Å²) in [7, 11) is 0. The molecule has 0 aliphatic carbocycles. The van der Waals surface area contributed by atoms with Gasteiger partial charge in [0.25, 0.3) is 5.91 Å². The molecule has 5 nitrogen and oxygen atoms in total. The number of halogens is 3. The number of aliphatic carboxylic acids is 1. The summed E-state index contributed by atoms with van der Waals surface area (Å²) < 4.78 is 38.9. The first kappa shape index (κ1) is 28.1. The predicted molar refractivity (Wildman–Crippen MR) is 152 cm³/mol. The lowest BCUT2D eigenvalue weighted by Gasteiger charge is -2.36. The van der Waals surface area contributed by atoms with E-state index in [2.05, 4.69) is 5.32 Å². The second-order valence-corrected chi connectivity index (χ2v) is 10.2. The molecular formula is C33H29F3N2O3. The maximum Gasteiger partial charge on any atom is 0.416 e. The molecule has 1 heterocycles. The average Bonchev–Trinajstić information content (AvgIpc) is 2.98. The molecule has 2 N–H and O–H groups in total.